The van der Waals surface area contributed by atoms with E-state index in [1.54, 1.807) is 12.3 Å². The number of aromatic nitrogens is 2. The Kier molecular flexibility index (Phi) is 4.66. The minimum atomic E-state index is 0.292. The minimum absolute atomic E-state index is 0.292. The second-order valence-electron chi connectivity index (χ2n) is 4.24. The van der Waals surface area contributed by atoms with Gasteiger partial charge in [0.25, 0.3) is 0 Å². The summed E-state index contributed by atoms with van der Waals surface area (Å²) in [6.45, 7) is 4.20. The Labute approximate surface area is 126 Å². The lowest BCUT2D eigenvalue weighted by atomic mass is 10.1. The van der Waals surface area contributed by atoms with Crippen molar-refractivity contribution < 1.29 is 4.79 Å². The van der Waals surface area contributed by atoms with Gasteiger partial charge in [0.15, 0.2) is 6.29 Å². The molecule has 102 valence electrons. The van der Waals surface area contributed by atoms with Gasteiger partial charge in [0, 0.05) is 11.8 Å². The highest BCUT2D eigenvalue weighted by Crippen LogP contribution is 2.38. The van der Waals surface area contributed by atoms with Crippen molar-refractivity contribution in [2.45, 2.75) is 32.7 Å². The number of carbonyl (C=O) groups excluding carboxylic acids is 1. The van der Waals surface area contributed by atoms with Crippen LogP contribution in [0.25, 0.3) is 11.3 Å². The molecule has 0 saturated heterocycles. The molecule has 19 heavy (non-hydrogen) atoms. The number of carbonyl (C=O) groups is 1. The first-order valence-electron chi connectivity index (χ1n) is 6.10. The van der Waals surface area contributed by atoms with Crippen LogP contribution in [0.15, 0.2) is 12.3 Å². The molecule has 0 aliphatic carbocycles. The molecule has 0 fully saturated rings. The van der Waals surface area contributed by atoms with Gasteiger partial charge in [-0.1, -0.05) is 37.0 Å². The van der Waals surface area contributed by atoms with Crippen molar-refractivity contribution in [1.82, 2.24) is 9.78 Å². The molecule has 0 bridgehead atoms. The molecule has 0 saturated carbocycles. The van der Waals surface area contributed by atoms with Crippen LogP contribution in [-0.4, -0.2) is 16.1 Å². The van der Waals surface area contributed by atoms with Crippen molar-refractivity contribution in [1.29, 1.82) is 0 Å². The summed E-state index contributed by atoms with van der Waals surface area (Å²) in [5.74, 6) is 0. The quantitative estimate of drug-likeness (QED) is 0.720. The van der Waals surface area contributed by atoms with E-state index < -0.39 is 0 Å². The van der Waals surface area contributed by atoms with Crippen molar-refractivity contribution in [3.63, 3.8) is 0 Å². The summed E-state index contributed by atoms with van der Waals surface area (Å²) in [5.41, 5.74) is 1.88. The lowest BCUT2D eigenvalue weighted by Gasteiger charge is -2.12. The Balaban J connectivity index is 2.51. The molecular formula is C13H14Cl2N2OS. The number of halogens is 2. The molecule has 0 unspecified atom stereocenters. The molecule has 6 heteroatoms. The van der Waals surface area contributed by atoms with E-state index in [1.807, 2.05) is 4.68 Å². The van der Waals surface area contributed by atoms with Gasteiger partial charge in [0.05, 0.1) is 15.9 Å². The average molecular weight is 317 g/mol. The monoisotopic (exact) mass is 316 g/mol. The van der Waals surface area contributed by atoms with Crippen molar-refractivity contribution in [2.24, 2.45) is 0 Å². The van der Waals surface area contributed by atoms with Gasteiger partial charge in [-0.25, -0.2) is 0 Å². The molecule has 2 heterocycles. The topological polar surface area (TPSA) is 34.9 Å². The molecule has 2 rings (SSSR count). The van der Waals surface area contributed by atoms with Gasteiger partial charge in [-0.05, 0) is 18.9 Å². The molecular weight excluding hydrogens is 303 g/mol. The maximum Gasteiger partial charge on any atom is 0.153 e. The number of nitrogens with zero attached hydrogens (tertiary/aromatic N) is 2. The van der Waals surface area contributed by atoms with E-state index in [9.17, 15) is 4.79 Å². The second kappa shape index (κ2) is 6.07. The molecule has 0 aliphatic heterocycles. The van der Waals surface area contributed by atoms with Crippen LogP contribution < -0.4 is 0 Å². The van der Waals surface area contributed by atoms with Crippen molar-refractivity contribution in [3.05, 3.63) is 26.5 Å². The van der Waals surface area contributed by atoms with Crippen molar-refractivity contribution in [2.75, 3.05) is 0 Å². The molecule has 3 nitrogen and oxygen atoms in total. The zero-order valence-electron chi connectivity index (χ0n) is 10.7. The first-order valence-corrected chi connectivity index (χ1v) is 7.67. The van der Waals surface area contributed by atoms with E-state index in [1.165, 1.54) is 11.3 Å². The SMILES string of the molecule is CCC(CC)n1cc(C=O)c(-c2cc(Cl)sc2Cl)n1. The summed E-state index contributed by atoms with van der Waals surface area (Å²) >= 11 is 13.4. The van der Waals surface area contributed by atoms with Gasteiger partial charge >= 0.3 is 0 Å². The van der Waals surface area contributed by atoms with Gasteiger partial charge in [-0.2, -0.15) is 5.10 Å². The van der Waals surface area contributed by atoms with Gasteiger partial charge in [0.1, 0.15) is 10.0 Å². The first-order chi connectivity index (χ1) is 9.10. The molecule has 0 aliphatic rings. The summed E-state index contributed by atoms with van der Waals surface area (Å²) in [6.07, 6.45) is 4.52. The number of rotatable bonds is 5. The number of aldehydes is 1. The Morgan fingerprint density at radius 1 is 1.42 bits per heavy atom. The summed E-state index contributed by atoms with van der Waals surface area (Å²) in [6, 6.07) is 2.04. The third kappa shape index (κ3) is 2.86. The van der Waals surface area contributed by atoms with E-state index in [2.05, 4.69) is 18.9 Å². The Morgan fingerprint density at radius 2 is 2.11 bits per heavy atom. The molecule has 0 radical (unpaired) electrons. The van der Waals surface area contributed by atoms with Crippen molar-refractivity contribution in [3.8, 4) is 11.3 Å². The predicted octanol–water partition coefficient (Wildman–Crippen LogP) is 5.09. The van der Waals surface area contributed by atoms with E-state index in [4.69, 9.17) is 23.2 Å². The van der Waals surface area contributed by atoms with Crippen LogP contribution in [0.3, 0.4) is 0 Å². The number of thiophene rings is 1. The van der Waals surface area contributed by atoms with Crippen LogP contribution in [0.2, 0.25) is 8.67 Å². The Morgan fingerprint density at radius 3 is 2.58 bits per heavy atom. The van der Waals surface area contributed by atoms with Crippen LogP contribution in [0, 0.1) is 0 Å². The molecule has 0 spiro atoms. The third-order valence-electron chi connectivity index (χ3n) is 3.12. The predicted molar refractivity (Wildman–Crippen MR) is 80.6 cm³/mol. The van der Waals surface area contributed by atoms with Gasteiger partial charge in [0.2, 0.25) is 0 Å². The molecule has 0 aromatic carbocycles. The van der Waals surface area contributed by atoms with Gasteiger partial charge in [-0.15, -0.1) is 11.3 Å². The lowest BCUT2D eigenvalue weighted by molar-refractivity contribution is 0.112. The molecule has 0 N–H and O–H groups in total. The Bertz CT molecular complexity index is 587. The fourth-order valence-corrected chi connectivity index (χ4v) is 3.52. The van der Waals surface area contributed by atoms with Crippen LogP contribution in [0.5, 0.6) is 0 Å². The summed E-state index contributed by atoms with van der Waals surface area (Å²) < 4.78 is 3.00. The average Bonchev–Trinajstić information content (AvgIpc) is 2.94. The van der Waals surface area contributed by atoms with E-state index in [0.717, 1.165) is 24.7 Å². The third-order valence-corrected chi connectivity index (χ3v) is 4.60. The smallest absolute Gasteiger partial charge is 0.153 e. The highest BCUT2D eigenvalue weighted by molar-refractivity contribution is 7.20. The number of hydrogen-bond donors (Lipinski definition) is 0. The number of hydrogen-bond acceptors (Lipinski definition) is 3. The summed E-state index contributed by atoms with van der Waals surface area (Å²) in [5, 5.41) is 4.52. The molecule has 0 amide bonds. The summed E-state index contributed by atoms with van der Waals surface area (Å²) in [7, 11) is 0. The normalized spacial score (nSPS) is 11.2. The zero-order valence-corrected chi connectivity index (χ0v) is 13.0. The zero-order chi connectivity index (χ0) is 14.0. The van der Waals surface area contributed by atoms with Gasteiger partial charge < -0.3 is 0 Å². The highest BCUT2D eigenvalue weighted by atomic mass is 35.5. The fourth-order valence-electron chi connectivity index (χ4n) is 2.05. The Hall–Kier alpha value is -0.840. The standard InChI is InChI=1S/C13H14Cl2N2OS/c1-3-9(4-2)17-6-8(7-18)12(16-17)10-5-11(14)19-13(10)15/h5-7,9H,3-4H2,1-2H3. The highest BCUT2D eigenvalue weighted by Gasteiger charge is 2.18. The maximum absolute atomic E-state index is 11.2. The lowest BCUT2D eigenvalue weighted by Crippen LogP contribution is -2.07. The fraction of sp³-hybridized carbons (Fsp3) is 0.385. The molecule has 0 atom stereocenters. The van der Waals surface area contributed by atoms with E-state index in [0.29, 0.717) is 26.0 Å². The van der Waals surface area contributed by atoms with E-state index >= 15 is 0 Å². The first kappa shape index (κ1) is 14.6. The van der Waals surface area contributed by atoms with Crippen LogP contribution in [0.4, 0.5) is 0 Å². The van der Waals surface area contributed by atoms with Crippen LogP contribution >= 0.6 is 34.5 Å². The van der Waals surface area contributed by atoms with Crippen molar-refractivity contribution >= 4 is 40.8 Å². The molecule has 2 aromatic rings. The van der Waals surface area contributed by atoms with E-state index in [-0.39, 0.29) is 0 Å². The second-order valence-corrected chi connectivity index (χ2v) is 6.52. The largest absolute Gasteiger partial charge is 0.298 e. The van der Waals surface area contributed by atoms with Crippen LogP contribution in [0.1, 0.15) is 43.1 Å². The maximum atomic E-state index is 11.2. The van der Waals surface area contributed by atoms with Crippen LogP contribution in [-0.2, 0) is 0 Å². The molecule has 2 aromatic heterocycles. The van der Waals surface area contributed by atoms with Gasteiger partial charge in [-0.3, -0.25) is 9.48 Å². The summed E-state index contributed by atoms with van der Waals surface area (Å²) in [4.78, 5) is 11.2. The minimum Gasteiger partial charge on any atom is -0.298 e.